The molecule has 0 fully saturated rings. The third-order valence-corrected chi connectivity index (χ3v) is 1.94. The Labute approximate surface area is 76.9 Å². The molecule has 0 bridgehead atoms. The number of aromatic nitrogens is 1. The van der Waals surface area contributed by atoms with Crippen LogP contribution in [0.1, 0.15) is 12.6 Å². The van der Waals surface area contributed by atoms with Gasteiger partial charge in [-0.05, 0) is 24.5 Å². The van der Waals surface area contributed by atoms with Crippen molar-refractivity contribution in [2.45, 2.75) is 6.92 Å². The second-order valence-electron chi connectivity index (χ2n) is 2.24. The maximum absolute atomic E-state index is 4.23. The van der Waals surface area contributed by atoms with Gasteiger partial charge >= 0.3 is 0 Å². The molecular weight excluding hydrogens is 166 g/mol. The first-order chi connectivity index (χ1) is 5.88. The minimum Gasteiger partial charge on any atom is -0.193 e. The van der Waals surface area contributed by atoms with E-state index in [1.54, 1.807) is 6.08 Å². The molecule has 1 nitrogen and oxygen atoms in total. The molecule has 0 spiro atoms. The minimum absolute atomic E-state index is 1.01. The highest BCUT2D eigenvalue weighted by molar-refractivity contribution is 7.03. The molecular formula is C10H11NS. The van der Waals surface area contributed by atoms with Gasteiger partial charge in [0.2, 0.25) is 0 Å². The van der Waals surface area contributed by atoms with Crippen LogP contribution < -0.4 is 0 Å². The molecule has 1 rings (SSSR count). The van der Waals surface area contributed by atoms with Crippen LogP contribution in [0.4, 0.5) is 0 Å². The lowest BCUT2D eigenvalue weighted by molar-refractivity contribution is 1.48. The van der Waals surface area contributed by atoms with Crippen LogP contribution in [0.2, 0.25) is 0 Å². The summed E-state index contributed by atoms with van der Waals surface area (Å²) >= 11 is 1.46. The molecule has 0 aromatic carbocycles. The van der Waals surface area contributed by atoms with E-state index in [1.807, 2.05) is 36.6 Å². The Hall–Kier alpha value is -1.15. The van der Waals surface area contributed by atoms with Gasteiger partial charge in [-0.2, -0.15) is 4.37 Å². The second-order valence-corrected chi connectivity index (χ2v) is 2.91. The molecule has 0 unspecified atom stereocenters. The Morgan fingerprint density at radius 2 is 2.50 bits per heavy atom. The Kier molecular flexibility index (Phi) is 3.48. The Morgan fingerprint density at radius 1 is 1.67 bits per heavy atom. The van der Waals surface area contributed by atoms with Gasteiger partial charge in [0.25, 0.3) is 0 Å². The first-order valence-electron chi connectivity index (χ1n) is 3.74. The van der Waals surface area contributed by atoms with Crippen LogP contribution in [0.3, 0.4) is 0 Å². The molecule has 62 valence electrons. The molecule has 0 aliphatic carbocycles. The lowest BCUT2D eigenvalue weighted by Crippen LogP contribution is -1.77. The Balaban J connectivity index is 2.95. The molecule has 1 aromatic heterocycles. The van der Waals surface area contributed by atoms with E-state index >= 15 is 0 Å². The average molecular weight is 177 g/mol. The maximum atomic E-state index is 4.23. The minimum atomic E-state index is 1.01. The summed E-state index contributed by atoms with van der Waals surface area (Å²) in [6.45, 7) is 5.65. The van der Waals surface area contributed by atoms with Crippen molar-refractivity contribution < 1.29 is 0 Å². The molecule has 2 heteroatoms. The summed E-state index contributed by atoms with van der Waals surface area (Å²) in [6.07, 6.45) is 7.75. The predicted octanol–water partition coefficient (Wildman–Crippen LogP) is 3.29. The van der Waals surface area contributed by atoms with E-state index in [9.17, 15) is 0 Å². The Bertz CT molecular complexity index is 294. The Morgan fingerprint density at radius 3 is 3.00 bits per heavy atom. The lowest BCUT2D eigenvalue weighted by atomic mass is 10.1. The molecule has 12 heavy (non-hydrogen) atoms. The van der Waals surface area contributed by atoms with Crippen LogP contribution in [-0.2, 0) is 0 Å². The first kappa shape index (κ1) is 8.94. The SMILES string of the molecule is C=C/C=C(\C=C/C)c1ccsn1. The van der Waals surface area contributed by atoms with E-state index in [4.69, 9.17) is 0 Å². The number of allylic oxidation sites excluding steroid dienone is 5. The van der Waals surface area contributed by atoms with Crippen molar-refractivity contribution in [3.63, 3.8) is 0 Å². The largest absolute Gasteiger partial charge is 0.193 e. The van der Waals surface area contributed by atoms with E-state index in [-0.39, 0.29) is 0 Å². The van der Waals surface area contributed by atoms with E-state index in [1.165, 1.54) is 11.5 Å². The van der Waals surface area contributed by atoms with Gasteiger partial charge in [-0.1, -0.05) is 30.9 Å². The monoisotopic (exact) mass is 177 g/mol. The molecule has 0 saturated carbocycles. The normalized spacial score (nSPS) is 12.2. The molecule has 1 aromatic rings. The molecule has 0 aliphatic heterocycles. The zero-order chi connectivity index (χ0) is 8.81. The van der Waals surface area contributed by atoms with Gasteiger partial charge in [0.05, 0.1) is 5.69 Å². The van der Waals surface area contributed by atoms with E-state index < -0.39 is 0 Å². The van der Waals surface area contributed by atoms with E-state index in [2.05, 4.69) is 11.0 Å². The summed E-state index contributed by atoms with van der Waals surface area (Å²) in [7, 11) is 0. The molecule has 0 atom stereocenters. The van der Waals surface area contributed by atoms with Gasteiger partial charge in [0.1, 0.15) is 0 Å². The molecule has 0 aliphatic rings. The average Bonchev–Trinajstić information content (AvgIpc) is 2.56. The smallest absolute Gasteiger partial charge is 0.0840 e. The van der Waals surface area contributed by atoms with Crippen molar-refractivity contribution in [1.29, 1.82) is 0 Å². The summed E-state index contributed by atoms with van der Waals surface area (Å²) in [4.78, 5) is 0. The van der Waals surface area contributed by atoms with Crippen LogP contribution in [0, 0.1) is 0 Å². The summed E-state index contributed by atoms with van der Waals surface area (Å²) in [5, 5.41) is 1.97. The third-order valence-electron chi connectivity index (χ3n) is 1.38. The number of nitrogens with zero attached hydrogens (tertiary/aromatic N) is 1. The van der Waals surface area contributed by atoms with E-state index in [0.717, 1.165) is 11.3 Å². The summed E-state index contributed by atoms with van der Waals surface area (Å²) < 4.78 is 4.23. The van der Waals surface area contributed by atoms with Crippen molar-refractivity contribution in [1.82, 2.24) is 4.37 Å². The zero-order valence-electron chi connectivity index (χ0n) is 7.03. The third kappa shape index (κ3) is 2.17. The van der Waals surface area contributed by atoms with Gasteiger partial charge in [-0.15, -0.1) is 0 Å². The van der Waals surface area contributed by atoms with Crippen molar-refractivity contribution >= 4 is 17.1 Å². The lowest BCUT2D eigenvalue weighted by Gasteiger charge is -1.93. The fourth-order valence-electron chi connectivity index (χ4n) is 0.894. The van der Waals surface area contributed by atoms with Crippen molar-refractivity contribution in [3.05, 3.63) is 48.0 Å². The fraction of sp³-hybridized carbons (Fsp3) is 0.100. The van der Waals surface area contributed by atoms with Gasteiger partial charge < -0.3 is 0 Å². The highest BCUT2D eigenvalue weighted by Crippen LogP contribution is 2.14. The van der Waals surface area contributed by atoms with Crippen molar-refractivity contribution in [2.75, 3.05) is 0 Å². The zero-order valence-corrected chi connectivity index (χ0v) is 7.84. The molecule has 1 heterocycles. The summed E-state index contributed by atoms with van der Waals surface area (Å²) in [5.74, 6) is 0. The van der Waals surface area contributed by atoms with Crippen LogP contribution in [0.5, 0.6) is 0 Å². The van der Waals surface area contributed by atoms with Crippen LogP contribution in [0.15, 0.2) is 42.3 Å². The molecule has 0 radical (unpaired) electrons. The fourth-order valence-corrected chi connectivity index (χ4v) is 1.42. The molecule has 0 amide bonds. The van der Waals surface area contributed by atoms with Crippen molar-refractivity contribution in [2.24, 2.45) is 0 Å². The van der Waals surface area contributed by atoms with Gasteiger partial charge in [0, 0.05) is 11.0 Å². The second kappa shape index (κ2) is 4.67. The van der Waals surface area contributed by atoms with Crippen LogP contribution in [0.25, 0.3) is 5.57 Å². The molecule has 0 N–H and O–H groups in total. The van der Waals surface area contributed by atoms with Gasteiger partial charge in [0.15, 0.2) is 0 Å². The molecule has 0 saturated heterocycles. The number of hydrogen-bond acceptors (Lipinski definition) is 2. The van der Waals surface area contributed by atoms with Gasteiger partial charge in [-0.3, -0.25) is 0 Å². The summed E-state index contributed by atoms with van der Waals surface area (Å²) in [6, 6.07) is 2.00. The van der Waals surface area contributed by atoms with E-state index in [0.29, 0.717) is 0 Å². The number of hydrogen-bond donors (Lipinski definition) is 0. The van der Waals surface area contributed by atoms with Gasteiger partial charge in [-0.25, -0.2) is 0 Å². The first-order valence-corrected chi connectivity index (χ1v) is 4.58. The quantitative estimate of drug-likeness (QED) is 0.646. The summed E-state index contributed by atoms with van der Waals surface area (Å²) in [5.41, 5.74) is 2.12. The standard InChI is InChI=1S/C10H11NS/c1-3-5-9(6-4-2)10-7-8-12-11-10/h3-8H,1H2,2H3/b6-4-,9-5+. The number of rotatable bonds is 3. The predicted molar refractivity (Wildman–Crippen MR) is 55.1 cm³/mol. The highest BCUT2D eigenvalue weighted by atomic mass is 32.1. The van der Waals surface area contributed by atoms with Crippen LogP contribution >= 0.6 is 11.5 Å². The van der Waals surface area contributed by atoms with Crippen molar-refractivity contribution in [3.8, 4) is 0 Å². The van der Waals surface area contributed by atoms with Crippen LogP contribution in [-0.4, -0.2) is 4.37 Å². The topological polar surface area (TPSA) is 12.9 Å². The highest BCUT2D eigenvalue weighted by Gasteiger charge is 1.96. The maximum Gasteiger partial charge on any atom is 0.0840 e.